The van der Waals surface area contributed by atoms with E-state index in [1.165, 1.54) is 0 Å². The number of nitrogens with one attached hydrogen (secondary N) is 1. The van der Waals surface area contributed by atoms with Crippen LogP contribution in [-0.4, -0.2) is 58.7 Å². The molecule has 1 unspecified atom stereocenters. The van der Waals surface area contributed by atoms with Gasteiger partial charge in [-0.1, -0.05) is 31.1 Å². The van der Waals surface area contributed by atoms with Crippen LogP contribution in [0.4, 0.5) is 5.69 Å². The summed E-state index contributed by atoms with van der Waals surface area (Å²) in [7, 11) is 0. The Bertz CT molecular complexity index is 793. The van der Waals surface area contributed by atoms with Gasteiger partial charge in [0.25, 0.3) is 11.8 Å². The number of para-hydroxylation sites is 1. The molecule has 158 valence electrons. The predicted octanol–water partition coefficient (Wildman–Crippen LogP) is 3.33. The number of carbonyl (C=O) groups is 2. The molecular weight excluding hydrogens is 368 g/mol. The number of benzene rings is 1. The molecule has 7 nitrogen and oxygen atoms in total. The molecule has 2 aliphatic heterocycles. The Hall–Kier alpha value is -2.57. The van der Waals surface area contributed by atoms with Gasteiger partial charge in [0.2, 0.25) is 6.10 Å². The Morgan fingerprint density at radius 2 is 1.86 bits per heavy atom. The summed E-state index contributed by atoms with van der Waals surface area (Å²) in [5.74, 6) is 0.353. The van der Waals surface area contributed by atoms with E-state index in [-0.39, 0.29) is 11.8 Å². The van der Waals surface area contributed by atoms with Crippen molar-refractivity contribution in [3.8, 4) is 0 Å². The van der Waals surface area contributed by atoms with Crippen molar-refractivity contribution >= 4 is 23.2 Å². The standard InChI is InChI=1S/C22H32N4O3/c1-15(2)14-26-21(28)18-8-6-7-9-19(18)23-22(26)10-12-25(13-11-22)20(27)17(5)29-24-16(3)4/h6-9,15,17,23H,10-14H2,1-5H3. The van der Waals surface area contributed by atoms with Crippen molar-refractivity contribution in [2.24, 2.45) is 11.1 Å². The van der Waals surface area contributed by atoms with Crippen molar-refractivity contribution in [2.75, 3.05) is 25.0 Å². The number of amides is 2. The first-order chi connectivity index (χ1) is 13.7. The van der Waals surface area contributed by atoms with E-state index in [1.54, 1.807) is 6.92 Å². The van der Waals surface area contributed by atoms with Crippen LogP contribution in [0.2, 0.25) is 0 Å². The highest BCUT2D eigenvalue weighted by Gasteiger charge is 2.47. The Morgan fingerprint density at radius 1 is 1.21 bits per heavy atom. The van der Waals surface area contributed by atoms with Crippen LogP contribution in [0.5, 0.6) is 0 Å². The highest BCUT2D eigenvalue weighted by Crippen LogP contribution is 2.38. The fourth-order valence-electron chi connectivity index (χ4n) is 4.04. The molecule has 2 aliphatic rings. The van der Waals surface area contributed by atoms with Crippen LogP contribution >= 0.6 is 0 Å². The Labute approximate surface area is 173 Å². The number of likely N-dealkylation sites (tertiary alicyclic amines) is 1. The molecule has 2 heterocycles. The number of hydrogen-bond acceptors (Lipinski definition) is 5. The second-order valence-electron chi connectivity index (χ2n) is 8.62. The van der Waals surface area contributed by atoms with Gasteiger partial charge in [-0.05, 0) is 38.8 Å². The molecule has 29 heavy (non-hydrogen) atoms. The molecule has 1 aromatic rings. The maximum absolute atomic E-state index is 13.3. The smallest absolute Gasteiger partial charge is 0.266 e. The molecule has 0 bridgehead atoms. The van der Waals surface area contributed by atoms with E-state index in [0.29, 0.717) is 44.0 Å². The van der Waals surface area contributed by atoms with Crippen LogP contribution < -0.4 is 5.32 Å². The zero-order valence-electron chi connectivity index (χ0n) is 18.1. The maximum atomic E-state index is 13.3. The summed E-state index contributed by atoms with van der Waals surface area (Å²) in [5, 5.41) is 7.55. The number of fused-ring (bicyclic) bond motifs is 1. The highest BCUT2D eigenvalue weighted by molar-refractivity contribution is 6.02. The van der Waals surface area contributed by atoms with Crippen molar-refractivity contribution in [3.05, 3.63) is 29.8 Å². The van der Waals surface area contributed by atoms with Crippen molar-refractivity contribution in [1.29, 1.82) is 0 Å². The van der Waals surface area contributed by atoms with Crippen LogP contribution in [0.15, 0.2) is 29.4 Å². The molecule has 0 aliphatic carbocycles. The molecule has 0 aromatic heterocycles. The summed E-state index contributed by atoms with van der Waals surface area (Å²) >= 11 is 0. The number of hydrogen-bond donors (Lipinski definition) is 1. The second-order valence-corrected chi connectivity index (χ2v) is 8.62. The maximum Gasteiger partial charge on any atom is 0.266 e. The summed E-state index contributed by atoms with van der Waals surface area (Å²) in [6.45, 7) is 11.4. The minimum atomic E-state index is -0.618. The lowest BCUT2D eigenvalue weighted by Crippen LogP contribution is -2.65. The number of piperidine rings is 1. The summed E-state index contributed by atoms with van der Waals surface area (Å²) < 4.78 is 0. The van der Waals surface area contributed by atoms with Crippen molar-refractivity contribution in [1.82, 2.24) is 9.80 Å². The van der Waals surface area contributed by atoms with Gasteiger partial charge in [-0.2, -0.15) is 0 Å². The Balaban J connectivity index is 1.77. The van der Waals surface area contributed by atoms with Crippen LogP contribution in [0.1, 0.15) is 57.8 Å². The topological polar surface area (TPSA) is 74.2 Å². The molecule has 1 spiro atoms. The summed E-state index contributed by atoms with van der Waals surface area (Å²) in [6, 6.07) is 7.67. The van der Waals surface area contributed by atoms with Gasteiger partial charge in [0, 0.05) is 38.2 Å². The van der Waals surface area contributed by atoms with E-state index in [1.807, 2.05) is 47.9 Å². The normalized spacial score (nSPS) is 18.9. The van der Waals surface area contributed by atoms with Crippen molar-refractivity contribution < 1.29 is 14.4 Å². The largest absolute Gasteiger partial charge is 0.383 e. The van der Waals surface area contributed by atoms with E-state index >= 15 is 0 Å². The SMILES string of the molecule is CC(C)=NOC(C)C(=O)N1CCC2(CC1)Nc1ccccc1C(=O)N2CC(C)C. The molecule has 0 saturated carbocycles. The van der Waals surface area contributed by atoms with E-state index in [0.717, 1.165) is 11.4 Å². The van der Waals surface area contributed by atoms with Gasteiger partial charge < -0.3 is 20.0 Å². The number of anilines is 1. The average molecular weight is 401 g/mol. The molecule has 1 N–H and O–H groups in total. The van der Waals surface area contributed by atoms with Crippen LogP contribution in [0.3, 0.4) is 0 Å². The molecule has 1 saturated heterocycles. The molecule has 7 heteroatoms. The van der Waals surface area contributed by atoms with Gasteiger partial charge in [-0.15, -0.1) is 0 Å². The molecule has 1 aromatic carbocycles. The molecule has 1 fully saturated rings. The summed E-state index contributed by atoms with van der Waals surface area (Å²) in [4.78, 5) is 35.1. The number of nitrogens with zero attached hydrogens (tertiary/aromatic N) is 3. The minimum absolute atomic E-state index is 0.0669. The molecular formula is C22H32N4O3. The lowest BCUT2D eigenvalue weighted by Gasteiger charge is -2.52. The zero-order valence-corrected chi connectivity index (χ0v) is 18.1. The summed E-state index contributed by atoms with van der Waals surface area (Å²) in [6.07, 6.45) is 0.732. The van der Waals surface area contributed by atoms with E-state index in [9.17, 15) is 9.59 Å². The van der Waals surface area contributed by atoms with Crippen LogP contribution in [-0.2, 0) is 9.63 Å². The van der Waals surface area contributed by atoms with Gasteiger partial charge in [0.05, 0.1) is 11.3 Å². The van der Waals surface area contributed by atoms with Gasteiger partial charge in [-0.25, -0.2) is 0 Å². The van der Waals surface area contributed by atoms with Crippen LogP contribution in [0, 0.1) is 5.92 Å². The second kappa shape index (κ2) is 8.43. The number of carbonyl (C=O) groups excluding carboxylic acids is 2. The van der Waals surface area contributed by atoms with E-state index in [2.05, 4.69) is 24.3 Å². The molecule has 2 amide bonds. The summed E-state index contributed by atoms with van der Waals surface area (Å²) in [5.41, 5.74) is 1.90. The third kappa shape index (κ3) is 4.38. The fourth-order valence-corrected chi connectivity index (χ4v) is 4.04. The van der Waals surface area contributed by atoms with Crippen molar-refractivity contribution in [2.45, 2.75) is 59.2 Å². The first kappa shape index (κ1) is 21.1. The predicted molar refractivity (Wildman–Crippen MR) is 114 cm³/mol. The lowest BCUT2D eigenvalue weighted by atomic mass is 9.89. The average Bonchev–Trinajstić information content (AvgIpc) is 2.69. The van der Waals surface area contributed by atoms with Crippen molar-refractivity contribution in [3.63, 3.8) is 0 Å². The van der Waals surface area contributed by atoms with Gasteiger partial charge in [0.15, 0.2) is 0 Å². The molecule has 3 rings (SSSR count). The Morgan fingerprint density at radius 3 is 2.48 bits per heavy atom. The third-order valence-corrected chi connectivity index (χ3v) is 5.48. The molecule has 1 atom stereocenters. The zero-order chi connectivity index (χ0) is 21.2. The van der Waals surface area contributed by atoms with E-state index in [4.69, 9.17) is 4.84 Å². The van der Waals surface area contributed by atoms with Crippen LogP contribution in [0.25, 0.3) is 0 Å². The minimum Gasteiger partial charge on any atom is -0.383 e. The lowest BCUT2D eigenvalue weighted by molar-refractivity contribution is -0.144. The monoisotopic (exact) mass is 400 g/mol. The van der Waals surface area contributed by atoms with Gasteiger partial charge in [0.1, 0.15) is 5.66 Å². The first-order valence-electron chi connectivity index (χ1n) is 10.4. The van der Waals surface area contributed by atoms with Gasteiger partial charge in [-0.3, -0.25) is 9.59 Å². The molecule has 0 radical (unpaired) electrons. The third-order valence-electron chi connectivity index (χ3n) is 5.48. The number of rotatable bonds is 5. The highest BCUT2D eigenvalue weighted by atomic mass is 16.6. The number of oxime groups is 1. The quantitative estimate of drug-likeness (QED) is 0.608. The fraction of sp³-hybridized carbons (Fsp3) is 0.591. The van der Waals surface area contributed by atoms with E-state index < -0.39 is 11.8 Å². The Kier molecular flexibility index (Phi) is 6.15. The first-order valence-corrected chi connectivity index (χ1v) is 10.4. The van der Waals surface area contributed by atoms with Gasteiger partial charge >= 0.3 is 0 Å².